The number of carboxylic acid groups (broad SMARTS) is 1. The van der Waals surface area contributed by atoms with Crippen LogP contribution in [0.25, 0.3) is 10.8 Å². The van der Waals surface area contributed by atoms with E-state index in [9.17, 15) is 9.90 Å². The molecule has 0 radical (unpaired) electrons. The molecule has 3 nitrogen and oxygen atoms in total. The molecule has 0 heterocycles. The summed E-state index contributed by atoms with van der Waals surface area (Å²) in [6, 6.07) is 22.9. The Morgan fingerprint density at radius 1 is 0.909 bits per heavy atom. The summed E-state index contributed by atoms with van der Waals surface area (Å²) in [6.07, 6.45) is 0.447. The molecule has 0 bridgehead atoms. The van der Waals surface area contributed by atoms with Crippen LogP contribution in [0.1, 0.15) is 5.56 Å². The highest BCUT2D eigenvalue weighted by molar-refractivity contribution is 5.86. The average molecular weight is 291 g/mol. The number of carbonyl (C=O) groups is 1. The molecule has 0 unspecified atom stereocenters. The molecule has 0 aliphatic heterocycles. The lowest BCUT2D eigenvalue weighted by atomic mass is 10.0. The van der Waals surface area contributed by atoms with E-state index in [1.807, 2.05) is 72.8 Å². The molecule has 2 N–H and O–H groups in total. The molecular formula is C19H17NO2. The SMILES string of the molecule is O=C(O)[C@H](Cc1ccccc1)Nc1ccc2ccccc2c1. The quantitative estimate of drug-likeness (QED) is 0.748. The minimum Gasteiger partial charge on any atom is -0.480 e. The van der Waals surface area contributed by atoms with Gasteiger partial charge < -0.3 is 10.4 Å². The number of carboxylic acids is 1. The van der Waals surface area contributed by atoms with Gasteiger partial charge >= 0.3 is 5.97 Å². The Bertz CT molecular complexity index is 784. The summed E-state index contributed by atoms with van der Waals surface area (Å²) in [5.41, 5.74) is 1.82. The van der Waals surface area contributed by atoms with Gasteiger partial charge in [-0.15, -0.1) is 0 Å². The second kappa shape index (κ2) is 6.31. The van der Waals surface area contributed by atoms with E-state index in [0.717, 1.165) is 22.0 Å². The molecule has 0 spiro atoms. The maximum absolute atomic E-state index is 11.5. The molecule has 0 amide bonds. The van der Waals surface area contributed by atoms with E-state index in [4.69, 9.17) is 0 Å². The van der Waals surface area contributed by atoms with E-state index < -0.39 is 12.0 Å². The van der Waals surface area contributed by atoms with Crippen LogP contribution >= 0.6 is 0 Å². The van der Waals surface area contributed by atoms with Crippen LogP contribution in [0.3, 0.4) is 0 Å². The van der Waals surface area contributed by atoms with Crippen LogP contribution in [-0.4, -0.2) is 17.1 Å². The summed E-state index contributed by atoms with van der Waals surface area (Å²) < 4.78 is 0. The van der Waals surface area contributed by atoms with Crippen LogP contribution in [0.4, 0.5) is 5.69 Å². The molecule has 0 aliphatic carbocycles. The highest BCUT2D eigenvalue weighted by atomic mass is 16.4. The van der Waals surface area contributed by atoms with Crippen LogP contribution in [0.5, 0.6) is 0 Å². The lowest BCUT2D eigenvalue weighted by molar-refractivity contribution is -0.137. The van der Waals surface area contributed by atoms with Crippen LogP contribution in [0.2, 0.25) is 0 Å². The number of aliphatic carboxylic acids is 1. The predicted octanol–water partition coefficient (Wildman–Crippen LogP) is 3.95. The number of hydrogen-bond donors (Lipinski definition) is 2. The maximum Gasteiger partial charge on any atom is 0.326 e. The van der Waals surface area contributed by atoms with Crippen molar-refractivity contribution >= 4 is 22.4 Å². The van der Waals surface area contributed by atoms with Crippen LogP contribution in [0, 0.1) is 0 Å². The number of benzene rings is 3. The summed E-state index contributed by atoms with van der Waals surface area (Å²) in [7, 11) is 0. The normalized spacial score (nSPS) is 12.0. The van der Waals surface area contributed by atoms with Crippen molar-refractivity contribution in [1.29, 1.82) is 0 Å². The van der Waals surface area contributed by atoms with Crippen LogP contribution < -0.4 is 5.32 Å². The Kier molecular flexibility index (Phi) is 4.05. The van der Waals surface area contributed by atoms with Crippen molar-refractivity contribution in [3.8, 4) is 0 Å². The molecule has 0 saturated carbocycles. The first-order chi connectivity index (χ1) is 10.7. The number of anilines is 1. The van der Waals surface area contributed by atoms with Gasteiger partial charge in [-0.25, -0.2) is 4.79 Å². The van der Waals surface area contributed by atoms with Gasteiger partial charge in [-0.1, -0.05) is 60.7 Å². The summed E-state index contributed by atoms with van der Waals surface area (Å²) in [5.74, 6) is -0.850. The third kappa shape index (κ3) is 3.26. The van der Waals surface area contributed by atoms with Gasteiger partial charge in [-0.3, -0.25) is 0 Å². The molecular weight excluding hydrogens is 274 g/mol. The van der Waals surface area contributed by atoms with Gasteiger partial charge in [0.2, 0.25) is 0 Å². The Hall–Kier alpha value is -2.81. The molecule has 110 valence electrons. The van der Waals surface area contributed by atoms with E-state index in [-0.39, 0.29) is 0 Å². The second-order valence-corrected chi connectivity index (χ2v) is 5.29. The monoisotopic (exact) mass is 291 g/mol. The number of nitrogens with one attached hydrogen (secondary N) is 1. The average Bonchev–Trinajstić information content (AvgIpc) is 2.55. The fraction of sp³-hybridized carbons (Fsp3) is 0.105. The zero-order valence-corrected chi connectivity index (χ0v) is 12.1. The Balaban J connectivity index is 1.81. The van der Waals surface area contributed by atoms with E-state index in [0.29, 0.717) is 6.42 Å². The summed E-state index contributed by atoms with van der Waals surface area (Å²) in [5, 5.41) is 14.8. The van der Waals surface area contributed by atoms with Crippen molar-refractivity contribution in [2.24, 2.45) is 0 Å². The first-order valence-electron chi connectivity index (χ1n) is 7.24. The van der Waals surface area contributed by atoms with E-state index >= 15 is 0 Å². The largest absolute Gasteiger partial charge is 0.480 e. The molecule has 3 aromatic rings. The molecule has 3 aromatic carbocycles. The molecule has 0 aliphatic rings. The number of hydrogen-bond acceptors (Lipinski definition) is 2. The van der Waals surface area contributed by atoms with E-state index in [1.165, 1.54) is 0 Å². The van der Waals surface area contributed by atoms with Crippen LogP contribution in [-0.2, 0) is 11.2 Å². The van der Waals surface area contributed by atoms with Crippen LogP contribution in [0.15, 0.2) is 72.8 Å². The fourth-order valence-electron chi connectivity index (χ4n) is 2.53. The van der Waals surface area contributed by atoms with Crippen molar-refractivity contribution < 1.29 is 9.90 Å². The van der Waals surface area contributed by atoms with E-state index in [2.05, 4.69) is 5.32 Å². The van der Waals surface area contributed by atoms with Gasteiger partial charge in [-0.05, 0) is 28.5 Å². The lowest BCUT2D eigenvalue weighted by Gasteiger charge is -2.16. The molecule has 1 atom stereocenters. The van der Waals surface area contributed by atoms with Gasteiger partial charge in [0.25, 0.3) is 0 Å². The highest BCUT2D eigenvalue weighted by Crippen LogP contribution is 2.20. The van der Waals surface area contributed by atoms with Gasteiger partial charge in [0.1, 0.15) is 6.04 Å². The standard InChI is InChI=1S/C19H17NO2/c21-19(22)18(12-14-6-2-1-3-7-14)20-17-11-10-15-8-4-5-9-16(15)13-17/h1-11,13,18,20H,12H2,(H,21,22)/t18-/m0/s1. The first kappa shape index (κ1) is 14.1. The van der Waals surface area contributed by atoms with Gasteiger partial charge in [0.05, 0.1) is 0 Å². The zero-order chi connectivity index (χ0) is 15.4. The third-order valence-electron chi connectivity index (χ3n) is 3.67. The second-order valence-electron chi connectivity index (χ2n) is 5.29. The minimum absolute atomic E-state index is 0.447. The third-order valence-corrected chi connectivity index (χ3v) is 3.67. The van der Waals surface area contributed by atoms with E-state index in [1.54, 1.807) is 0 Å². The Morgan fingerprint density at radius 2 is 1.59 bits per heavy atom. The highest BCUT2D eigenvalue weighted by Gasteiger charge is 2.17. The fourth-order valence-corrected chi connectivity index (χ4v) is 2.53. The summed E-state index contributed by atoms with van der Waals surface area (Å²) in [6.45, 7) is 0. The molecule has 3 heteroatoms. The van der Waals surface area contributed by atoms with Gasteiger partial charge in [0.15, 0.2) is 0 Å². The smallest absolute Gasteiger partial charge is 0.326 e. The molecule has 0 fully saturated rings. The van der Waals surface area contributed by atoms with Gasteiger partial charge in [0, 0.05) is 12.1 Å². The van der Waals surface area contributed by atoms with Gasteiger partial charge in [-0.2, -0.15) is 0 Å². The molecule has 22 heavy (non-hydrogen) atoms. The van der Waals surface area contributed by atoms with Crippen molar-refractivity contribution in [3.05, 3.63) is 78.4 Å². The first-order valence-corrected chi connectivity index (χ1v) is 7.24. The van der Waals surface area contributed by atoms with Crippen molar-refractivity contribution in [2.45, 2.75) is 12.5 Å². The zero-order valence-electron chi connectivity index (χ0n) is 12.1. The van der Waals surface area contributed by atoms with Crippen molar-refractivity contribution in [2.75, 3.05) is 5.32 Å². The summed E-state index contributed by atoms with van der Waals surface area (Å²) >= 11 is 0. The Labute approximate surface area is 129 Å². The molecule has 3 rings (SSSR count). The minimum atomic E-state index is -0.850. The maximum atomic E-state index is 11.5. The lowest BCUT2D eigenvalue weighted by Crippen LogP contribution is -2.31. The molecule has 0 saturated heterocycles. The number of rotatable bonds is 5. The topological polar surface area (TPSA) is 49.3 Å². The van der Waals surface area contributed by atoms with Crippen molar-refractivity contribution in [3.63, 3.8) is 0 Å². The molecule has 0 aromatic heterocycles. The Morgan fingerprint density at radius 3 is 2.32 bits per heavy atom. The predicted molar refractivity (Wildman–Crippen MR) is 89.1 cm³/mol. The summed E-state index contributed by atoms with van der Waals surface area (Å²) in [4.78, 5) is 11.5. The number of fused-ring (bicyclic) bond motifs is 1. The van der Waals surface area contributed by atoms with Crippen molar-refractivity contribution in [1.82, 2.24) is 0 Å².